The fourth-order valence-corrected chi connectivity index (χ4v) is 4.42. The topological polar surface area (TPSA) is 129 Å². The van der Waals surface area contributed by atoms with E-state index in [1.54, 1.807) is 32.8 Å². The lowest BCUT2D eigenvalue weighted by molar-refractivity contribution is -0.161. The third-order valence-electron chi connectivity index (χ3n) is 5.95. The van der Waals surface area contributed by atoms with Crippen LogP contribution >= 0.6 is 0 Å². The van der Waals surface area contributed by atoms with Crippen molar-refractivity contribution >= 4 is 18.0 Å². The fraction of sp³-hybridized carbons (Fsp3) is 0.609. The van der Waals surface area contributed by atoms with Gasteiger partial charge in [0.15, 0.2) is 0 Å². The molecule has 0 aliphatic carbocycles. The van der Waals surface area contributed by atoms with E-state index in [1.807, 2.05) is 24.3 Å². The van der Waals surface area contributed by atoms with Crippen molar-refractivity contribution in [1.82, 2.24) is 15.1 Å². The van der Waals surface area contributed by atoms with Crippen LogP contribution in [0.1, 0.15) is 39.7 Å². The maximum atomic E-state index is 13.4. The molecule has 1 aromatic carbocycles. The summed E-state index contributed by atoms with van der Waals surface area (Å²) >= 11 is 0. The van der Waals surface area contributed by atoms with Gasteiger partial charge in [0.1, 0.15) is 22.9 Å². The lowest BCUT2D eigenvalue weighted by atomic mass is 9.84. The zero-order valence-corrected chi connectivity index (χ0v) is 19.7. The number of hydrogen-bond acceptors (Lipinski definition) is 7. The summed E-state index contributed by atoms with van der Waals surface area (Å²) in [6.07, 6.45) is -1.52. The van der Waals surface area contributed by atoms with Crippen LogP contribution in [0.3, 0.4) is 0 Å². The Morgan fingerprint density at radius 1 is 1.27 bits per heavy atom. The third kappa shape index (κ3) is 5.22. The second-order valence-corrected chi connectivity index (χ2v) is 9.76. The van der Waals surface area contributed by atoms with E-state index >= 15 is 0 Å². The van der Waals surface area contributed by atoms with Crippen LogP contribution in [0.5, 0.6) is 5.75 Å². The number of carbonyl (C=O) groups excluding carboxylic acids is 2. The van der Waals surface area contributed by atoms with Crippen molar-refractivity contribution in [3.63, 3.8) is 0 Å². The predicted molar refractivity (Wildman–Crippen MR) is 119 cm³/mol. The first-order chi connectivity index (χ1) is 15.4. The number of aliphatic hydroxyl groups excluding tert-OH is 1. The number of β-lactam (4-membered cyclic amide) rings is 1. The van der Waals surface area contributed by atoms with Gasteiger partial charge in [0.2, 0.25) is 0 Å². The molecule has 0 bridgehead atoms. The zero-order valence-electron chi connectivity index (χ0n) is 19.7. The number of ether oxygens (including phenoxy) is 2. The number of aliphatic carboxylic acids is 1. The van der Waals surface area contributed by atoms with E-state index in [9.17, 15) is 24.6 Å². The summed E-state index contributed by atoms with van der Waals surface area (Å²) < 4.78 is 10.7. The maximum Gasteiger partial charge on any atom is 0.411 e. The quantitative estimate of drug-likeness (QED) is 0.515. The first kappa shape index (κ1) is 24.8. The largest absolute Gasteiger partial charge is 0.497 e. The molecule has 3 N–H and O–H groups in total. The molecular weight excluding hydrogens is 430 g/mol. The molecule has 4 atom stereocenters. The fourth-order valence-electron chi connectivity index (χ4n) is 4.42. The van der Waals surface area contributed by atoms with Crippen LogP contribution in [-0.2, 0) is 20.9 Å². The number of hydrogen-bond donors (Lipinski definition) is 3. The van der Waals surface area contributed by atoms with Crippen molar-refractivity contribution in [2.45, 2.75) is 70.0 Å². The Bertz CT molecular complexity index is 896. The second-order valence-electron chi connectivity index (χ2n) is 9.76. The van der Waals surface area contributed by atoms with Crippen LogP contribution < -0.4 is 10.1 Å². The van der Waals surface area contributed by atoms with Crippen LogP contribution in [0.15, 0.2) is 24.3 Å². The number of nitrogens with zero attached hydrogens (tertiary/aromatic N) is 2. The number of methoxy groups -OCH3 is 1. The molecule has 1 aromatic rings. The molecule has 33 heavy (non-hydrogen) atoms. The summed E-state index contributed by atoms with van der Waals surface area (Å²) in [4.78, 5) is 40.9. The molecule has 182 valence electrons. The Balaban J connectivity index is 1.78. The number of likely N-dealkylation sites (tertiary alicyclic amines) is 2. The van der Waals surface area contributed by atoms with E-state index in [4.69, 9.17) is 9.47 Å². The Labute approximate surface area is 193 Å². The first-order valence-electron chi connectivity index (χ1n) is 11.0. The lowest BCUT2D eigenvalue weighted by Gasteiger charge is -2.50. The molecule has 0 aromatic heterocycles. The van der Waals surface area contributed by atoms with Crippen molar-refractivity contribution in [3.05, 3.63) is 29.8 Å². The number of nitrogens with one attached hydrogen (secondary N) is 1. The summed E-state index contributed by atoms with van der Waals surface area (Å²) in [6, 6.07) is 5.69. The number of carboxylic acids is 1. The van der Waals surface area contributed by atoms with Gasteiger partial charge < -0.3 is 24.6 Å². The Kier molecular flexibility index (Phi) is 6.90. The van der Waals surface area contributed by atoms with E-state index in [0.717, 1.165) is 11.3 Å². The second kappa shape index (κ2) is 9.18. The molecule has 2 amide bonds. The number of aliphatic hydroxyl groups is 1. The molecule has 10 nitrogen and oxygen atoms in total. The van der Waals surface area contributed by atoms with Crippen molar-refractivity contribution in [1.29, 1.82) is 0 Å². The molecule has 0 radical (unpaired) electrons. The Hall–Kier alpha value is -2.85. The van der Waals surface area contributed by atoms with Crippen LogP contribution in [-0.4, -0.2) is 87.5 Å². The smallest absolute Gasteiger partial charge is 0.411 e. The van der Waals surface area contributed by atoms with Gasteiger partial charge in [0.05, 0.1) is 19.8 Å². The minimum atomic E-state index is -1.21. The van der Waals surface area contributed by atoms with Crippen LogP contribution in [0.4, 0.5) is 4.79 Å². The van der Waals surface area contributed by atoms with Crippen LogP contribution in [0, 0.1) is 0 Å². The minimum Gasteiger partial charge on any atom is -0.497 e. The monoisotopic (exact) mass is 463 g/mol. The predicted octanol–water partition coefficient (Wildman–Crippen LogP) is 1.21. The molecule has 10 heteroatoms. The van der Waals surface area contributed by atoms with Gasteiger partial charge in [-0.15, -0.1) is 0 Å². The average Bonchev–Trinajstić information content (AvgIpc) is 3.11. The van der Waals surface area contributed by atoms with E-state index in [1.165, 1.54) is 11.8 Å². The van der Waals surface area contributed by atoms with Crippen molar-refractivity contribution in [2.75, 3.05) is 20.2 Å². The molecule has 2 aliphatic rings. The van der Waals surface area contributed by atoms with Gasteiger partial charge in [0, 0.05) is 19.1 Å². The number of rotatable bonds is 7. The highest BCUT2D eigenvalue weighted by Crippen LogP contribution is 2.41. The number of carbonyl (C=O) groups is 3. The van der Waals surface area contributed by atoms with E-state index < -0.39 is 41.4 Å². The van der Waals surface area contributed by atoms with Gasteiger partial charge in [-0.3, -0.25) is 19.8 Å². The standard InChI is InChI=1S/C23H33N3O7/c1-14(27)18(19(28)29)24-16-10-23(26(12-16)21(31)33-22(2,3)4)13-25(20(23)30)11-15-6-8-17(32-5)9-7-15/h6-9,14,16,18,24,27H,10-13H2,1-5H3,(H,28,29). The molecule has 2 heterocycles. The van der Waals surface area contributed by atoms with Gasteiger partial charge in [-0.05, 0) is 51.8 Å². The van der Waals surface area contributed by atoms with Gasteiger partial charge >= 0.3 is 12.1 Å². The third-order valence-corrected chi connectivity index (χ3v) is 5.95. The molecule has 4 unspecified atom stereocenters. The summed E-state index contributed by atoms with van der Waals surface area (Å²) in [7, 11) is 1.58. The molecule has 2 aliphatic heterocycles. The summed E-state index contributed by atoms with van der Waals surface area (Å²) in [5.74, 6) is -0.690. The Morgan fingerprint density at radius 3 is 2.39 bits per heavy atom. The number of benzene rings is 1. The molecule has 3 rings (SSSR count). The zero-order chi connectivity index (χ0) is 24.6. The number of carboxylic acid groups (broad SMARTS) is 1. The van der Waals surface area contributed by atoms with E-state index in [0.29, 0.717) is 13.1 Å². The molecule has 0 saturated carbocycles. The van der Waals surface area contributed by atoms with Crippen LogP contribution in [0.25, 0.3) is 0 Å². The van der Waals surface area contributed by atoms with Gasteiger partial charge in [-0.25, -0.2) is 4.79 Å². The summed E-state index contributed by atoms with van der Waals surface area (Å²) in [5.41, 5.74) is -0.924. The minimum absolute atomic E-state index is 0.105. The highest BCUT2D eigenvalue weighted by Gasteiger charge is 2.63. The molecule has 2 saturated heterocycles. The van der Waals surface area contributed by atoms with Crippen molar-refractivity contribution in [2.24, 2.45) is 0 Å². The SMILES string of the molecule is COc1ccc(CN2CC3(CC(NC(C(=O)O)C(C)O)CN3C(=O)OC(C)(C)C)C2=O)cc1. The highest BCUT2D eigenvalue weighted by atomic mass is 16.6. The van der Waals surface area contributed by atoms with Gasteiger partial charge in [0.25, 0.3) is 5.91 Å². The van der Waals surface area contributed by atoms with Crippen LogP contribution in [0.2, 0.25) is 0 Å². The van der Waals surface area contributed by atoms with Gasteiger partial charge in [-0.1, -0.05) is 12.1 Å². The van der Waals surface area contributed by atoms with Gasteiger partial charge in [-0.2, -0.15) is 0 Å². The first-order valence-corrected chi connectivity index (χ1v) is 11.0. The molecule has 2 fully saturated rings. The normalized spacial score (nSPS) is 24.4. The lowest BCUT2D eigenvalue weighted by Crippen LogP contribution is -2.72. The Morgan fingerprint density at radius 2 is 1.91 bits per heavy atom. The highest BCUT2D eigenvalue weighted by molar-refractivity contribution is 5.96. The van der Waals surface area contributed by atoms with E-state index in [2.05, 4.69) is 5.32 Å². The summed E-state index contributed by atoms with van der Waals surface area (Å²) in [6.45, 7) is 7.42. The van der Waals surface area contributed by atoms with Crippen molar-refractivity contribution < 1.29 is 34.1 Å². The average molecular weight is 464 g/mol. The number of amides is 2. The van der Waals surface area contributed by atoms with E-state index in [-0.39, 0.29) is 18.9 Å². The molecular formula is C23H33N3O7. The maximum absolute atomic E-state index is 13.4. The summed E-state index contributed by atoms with van der Waals surface area (Å²) in [5, 5.41) is 22.2. The molecule has 1 spiro atoms. The van der Waals surface area contributed by atoms with Crippen molar-refractivity contribution in [3.8, 4) is 5.75 Å².